The normalized spacial score (nSPS) is 31.9. The molecule has 1 amide bonds. The number of benzene rings is 1. The highest BCUT2D eigenvalue weighted by Gasteiger charge is 2.49. The molecule has 3 unspecified atom stereocenters. The minimum atomic E-state index is -0.389. The first kappa shape index (κ1) is 13.6. The lowest BCUT2D eigenvalue weighted by atomic mass is 9.98. The quantitative estimate of drug-likeness (QED) is 0.781. The van der Waals surface area contributed by atoms with Gasteiger partial charge in [-0.15, -0.1) is 0 Å². The second kappa shape index (κ2) is 4.26. The molecular formula is C17H21N3O2. The zero-order chi connectivity index (χ0) is 15.6. The van der Waals surface area contributed by atoms with Crippen LogP contribution < -0.4 is 15.5 Å². The molecule has 3 heterocycles. The summed E-state index contributed by atoms with van der Waals surface area (Å²) in [4.78, 5) is 14.8. The van der Waals surface area contributed by atoms with Gasteiger partial charge in [0.2, 0.25) is 0 Å². The minimum absolute atomic E-state index is 0.00566. The SMILES string of the molecule is CC1OC1N1c2ccccc2NC2=C(C(=O)NC2(C)C)C1C. The maximum absolute atomic E-state index is 12.5. The number of hydrogen-bond donors (Lipinski definition) is 2. The molecule has 0 saturated carbocycles. The third-order valence-corrected chi connectivity index (χ3v) is 4.80. The Balaban J connectivity index is 1.90. The van der Waals surface area contributed by atoms with E-state index in [2.05, 4.69) is 41.5 Å². The Kier molecular flexibility index (Phi) is 2.64. The smallest absolute Gasteiger partial charge is 0.251 e. The second-order valence-corrected chi connectivity index (χ2v) is 6.82. The second-order valence-electron chi connectivity index (χ2n) is 6.82. The molecule has 116 valence electrons. The Hall–Kier alpha value is -2.01. The van der Waals surface area contributed by atoms with Crippen LogP contribution in [0.4, 0.5) is 11.4 Å². The molecule has 22 heavy (non-hydrogen) atoms. The molecule has 1 saturated heterocycles. The highest BCUT2D eigenvalue weighted by Crippen LogP contribution is 2.44. The van der Waals surface area contributed by atoms with Gasteiger partial charge in [0, 0.05) is 0 Å². The molecule has 3 aliphatic rings. The summed E-state index contributed by atoms with van der Waals surface area (Å²) in [6.07, 6.45) is 0.219. The van der Waals surface area contributed by atoms with Gasteiger partial charge in [0.25, 0.3) is 5.91 Å². The van der Waals surface area contributed by atoms with Gasteiger partial charge in [-0.05, 0) is 39.8 Å². The number of ether oxygens (including phenoxy) is 1. The van der Waals surface area contributed by atoms with E-state index in [1.165, 1.54) is 0 Å². The number of nitrogens with one attached hydrogen (secondary N) is 2. The Labute approximate surface area is 130 Å². The lowest BCUT2D eigenvalue weighted by Crippen LogP contribution is -2.42. The third-order valence-electron chi connectivity index (χ3n) is 4.80. The number of carbonyl (C=O) groups excluding carboxylic acids is 1. The molecule has 0 radical (unpaired) electrons. The summed E-state index contributed by atoms with van der Waals surface area (Å²) in [5.74, 6) is 0.00566. The highest BCUT2D eigenvalue weighted by atomic mass is 16.6. The minimum Gasteiger partial charge on any atom is -0.355 e. The molecule has 1 aromatic carbocycles. The van der Waals surface area contributed by atoms with Crippen LogP contribution in [0.2, 0.25) is 0 Å². The fourth-order valence-corrected chi connectivity index (χ4v) is 3.60. The zero-order valence-electron chi connectivity index (χ0n) is 13.3. The van der Waals surface area contributed by atoms with E-state index in [1.54, 1.807) is 0 Å². The standard InChI is InChI=1S/C17H21N3O2/c1-9-13-14(17(3,4)19-15(13)21)18-11-7-5-6-8-12(11)20(9)16-10(2)22-16/h5-10,16,18H,1-4H3,(H,19,21). The van der Waals surface area contributed by atoms with Crippen LogP contribution in [0.15, 0.2) is 35.5 Å². The van der Waals surface area contributed by atoms with Crippen LogP contribution in [-0.2, 0) is 9.53 Å². The Bertz CT molecular complexity index is 695. The number of rotatable bonds is 1. The number of hydrogen-bond acceptors (Lipinski definition) is 4. The molecular weight excluding hydrogens is 278 g/mol. The van der Waals surface area contributed by atoms with Crippen LogP contribution in [0.25, 0.3) is 0 Å². The summed E-state index contributed by atoms with van der Waals surface area (Å²) in [5, 5.41) is 6.57. The molecule has 3 atom stereocenters. The molecule has 5 heteroatoms. The Morgan fingerprint density at radius 1 is 1.23 bits per heavy atom. The van der Waals surface area contributed by atoms with Gasteiger partial charge in [-0.25, -0.2) is 0 Å². The number of epoxide rings is 1. The fourth-order valence-electron chi connectivity index (χ4n) is 3.60. The van der Waals surface area contributed by atoms with E-state index >= 15 is 0 Å². The summed E-state index contributed by atoms with van der Waals surface area (Å²) >= 11 is 0. The summed E-state index contributed by atoms with van der Waals surface area (Å²) in [6.45, 7) is 8.20. The van der Waals surface area contributed by atoms with Gasteiger partial charge in [-0.1, -0.05) is 12.1 Å². The number of para-hydroxylation sites is 2. The van der Waals surface area contributed by atoms with Crippen molar-refractivity contribution in [2.24, 2.45) is 0 Å². The van der Waals surface area contributed by atoms with Gasteiger partial charge < -0.3 is 20.3 Å². The summed E-state index contributed by atoms with van der Waals surface area (Å²) in [5.41, 5.74) is 3.49. The number of fused-ring (bicyclic) bond motifs is 1. The van der Waals surface area contributed by atoms with Crippen molar-refractivity contribution in [2.75, 3.05) is 10.2 Å². The van der Waals surface area contributed by atoms with Gasteiger partial charge in [0.05, 0.1) is 34.2 Å². The Morgan fingerprint density at radius 3 is 2.59 bits per heavy atom. The first-order valence-electron chi connectivity index (χ1n) is 7.77. The maximum Gasteiger partial charge on any atom is 0.251 e. The maximum atomic E-state index is 12.5. The lowest BCUT2D eigenvalue weighted by molar-refractivity contribution is -0.117. The molecule has 3 aliphatic heterocycles. The molecule has 0 spiro atoms. The molecule has 1 aromatic rings. The summed E-state index contributed by atoms with van der Waals surface area (Å²) in [7, 11) is 0. The number of amides is 1. The van der Waals surface area contributed by atoms with Gasteiger partial charge >= 0.3 is 0 Å². The van der Waals surface area contributed by atoms with E-state index in [0.29, 0.717) is 0 Å². The van der Waals surface area contributed by atoms with E-state index in [-0.39, 0.29) is 29.8 Å². The van der Waals surface area contributed by atoms with E-state index in [0.717, 1.165) is 22.6 Å². The predicted octanol–water partition coefficient (Wildman–Crippen LogP) is 2.21. The average Bonchev–Trinajstić information content (AvgIpc) is 3.12. The van der Waals surface area contributed by atoms with Crippen molar-refractivity contribution in [3.63, 3.8) is 0 Å². The van der Waals surface area contributed by atoms with Crippen LogP contribution >= 0.6 is 0 Å². The molecule has 0 aromatic heterocycles. The molecule has 0 aliphatic carbocycles. The summed E-state index contributed by atoms with van der Waals surface area (Å²) in [6, 6.07) is 8.13. The molecule has 1 fully saturated rings. The van der Waals surface area contributed by atoms with Crippen molar-refractivity contribution in [1.29, 1.82) is 0 Å². The van der Waals surface area contributed by atoms with Gasteiger partial charge in [0.1, 0.15) is 6.10 Å². The van der Waals surface area contributed by atoms with E-state index in [1.807, 2.05) is 26.0 Å². The highest BCUT2D eigenvalue weighted by molar-refractivity contribution is 6.02. The molecule has 2 N–H and O–H groups in total. The predicted molar refractivity (Wildman–Crippen MR) is 85.6 cm³/mol. The van der Waals surface area contributed by atoms with Crippen LogP contribution in [-0.4, -0.2) is 29.8 Å². The first-order valence-corrected chi connectivity index (χ1v) is 7.77. The van der Waals surface area contributed by atoms with Crippen molar-refractivity contribution in [2.45, 2.75) is 51.6 Å². The Morgan fingerprint density at radius 2 is 1.91 bits per heavy atom. The monoisotopic (exact) mass is 299 g/mol. The largest absolute Gasteiger partial charge is 0.355 e. The van der Waals surface area contributed by atoms with Gasteiger partial charge in [0.15, 0.2) is 6.23 Å². The van der Waals surface area contributed by atoms with Crippen molar-refractivity contribution < 1.29 is 9.53 Å². The van der Waals surface area contributed by atoms with E-state index < -0.39 is 0 Å². The molecule has 5 nitrogen and oxygen atoms in total. The summed E-state index contributed by atoms with van der Waals surface area (Å²) < 4.78 is 5.72. The fraction of sp³-hybridized carbons (Fsp3) is 0.471. The van der Waals surface area contributed by atoms with E-state index in [4.69, 9.17) is 4.74 Å². The average molecular weight is 299 g/mol. The first-order chi connectivity index (χ1) is 10.4. The van der Waals surface area contributed by atoms with Gasteiger partial charge in [-0.3, -0.25) is 4.79 Å². The van der Waals surface area contributed by atoms with Crippen LogP contribution in [0, 0.1) is 0 Å². The molecule has 4 rings (SSSR count). The van der Waals surface area contributed by atoms with Gasteiger partial charge in [-0.2, -0.15) is 0 Å². The van der Waals surface area contributed by atoms with Crippen LogP contribution in [0.5, 0.6) is 0 Å². The zero-order valence-corrected chi connectivity index (χ0v) is 13.3. The van der Waals surface area contributed by atoms with Crippen molar-refractivity contribution in [1.82, 2.24) is 5.32 Å². The van der Waals surface area contributed by atoms with Crippen molar-refractivity contribution in [3.05, 3.63) is 35.5 Å². The van der Waals surface area contributed by atoms with Crippen LogP contribution in [0.3, 0.4) is 0 Å². The molecule has 0 bridgehead atoms. The van der Waals surface area contributed by atoms with E-state index in [9.17, 15) is 4.79 Å². The van der Waals surface area contributed by atoms with Crippen molar-refractivity contribution >= 4 is 17.3 Å². The topological polar surface area (TPSA) is 56.9 Å². The number of carbonyl (C=O) groups is 1. The van der Waals surface area contributed by atoms with Crippen LogP contribution in [0.1, 0.15) is 27.7 Å². The number of anilines is 2. The van der Waals surface area contributed by atoms with Crippen molar-refractivity contribution in [3.8, 4) is 0 Å². The number of nitrogens with zero attached hydrogens (tertiary/aromatic N) is 1. The lowest BCUT2D eigenvalue weighted by Gasteiger charge is -2.30. The third kappa shape index (κ3) is 1.78.